The Bertz CT molecular complexity index is 597. The Morgan fingerprint density at radius 2 is 2.00 bits per heavy atom. The lowest BCUT2D eigenvalue weighted by atomic mass is 10.2. The average Bonchev–Trinajstić information content (AvgIpc) is 2.41. The molecule has 5 nitrogen and oxygen atoms in total. The van der Waals surface area contributed by atoms with Crippen LogP contribution in [0.3, 0.4) is 0 Å². The smallest absolute Gasteiger partial charge is 0.328 e. The molecule has 7 heteroatoms. The minimum absolute atomic E-state index is 0.0107. The van der Waals surface area contributed by atoms with Gasteiger partial charge in [-0.05, 0) is 23.8 Å². The highest BCUT2D eigenvalue weighted by atomic mass is 19.1. The molecule has 0 fully saturated rings. The molecule has 0 aliphatic heterocycles. The molecule has 0 bridgehead atoms. The number of nitrogens with one attached hydrogen (secondary N) is 1. The quantitative estimate of drug-likeness (QED) is 0.610. The molecule has 0 saturated heterocycles. The van der Waals surface area contributed by atoms with Gasteiger partial charge in [-0.2, -0.15) is 0 Å². The Balaban J connectivity index is 2.79. The van der Waals surface area contributed by atoms with Crippen molar-refractivity contribution in [2.75, 3.05) is 13.2 Å². The number of benzene rings is 1. The maximum Gasteiger partial charge on any atom is 0.328 e. The van der Waals surface area contributed by atoms with Gasteiger partial charge in [-0.3, -0.25) is 4.79 Å². The van der Waals surface area contributed by atoms with E-state index in [9.17, 15) is 18.4 Å². The number of carboxylic acid groups (broad SMARTS) is 1. The molecule has 0 radical (unpaired) electrons. The Hall–Kier alpha value is -2.88. The normalized spacial score (nSPS) is 10.1. The average molecular weight is 295 g/mol. The number of amides is 1. The molecule has 0 aliphatic rings. The van der Waals surface area contributed by atoms with Crippen LogP contribution in [0.2, 0.25) is 0 Å². The van der Waals surface area contributed by atoms with Crippen molar-refractivity contribution in [2.45, 2.75) is 0 Å². The molecule has 0 spiro atoms. The van der Waals surface area contributed by atoms with Crippen LogP contribution in [0.4, 0.5) is 8.78 Å². The Kier molecular flexibility index (Phi) is 5.89. The van der Waals surface area contributed by atoms with Crippen molar-refractivity contribution in [2.24, 2.45) is 0 Å². The summed E-state index contributed by atoms with van der Waals surface area (Å²) in [5.74, 6) is -2.54. The first-order chi connectivity index (χ1) is 9.93. The van der Waals surface area contributed by atoms with Crippen LogP contribution in [-0.4, -0.2) is 30.1 Å². The van der Waals surface area contributed by atoms with E-state index in [2.05, 4.69) is 11.2 Å². The summed E-state index contributed by atoms with van der Waals surface area (Å²) in [6, 6.07) is 1.77. The summed E-state index contributed by atoms with van der Waals surface area (Å²) >= 11 is 0. The van der Waals surface area contributed by atoms with Crippen molar-refractivity contribution in [3.05, 3.63) is 35.4 Å². The summed E-state index contributed by atoms with van der Waals surface area (Å²) in [5.41, 5.74) is 0.0107. The van der Waals surface area contributed by atoms with E-state index in [1.165, 1.54) is 0 Å². The van der Waals surface area contributed by atoms with Gasteiger partial charge in [-0.15, -0.1) is 6.42 Å². The molecule has 21 heavy (non-hydrogen) atoms. The van der Waals surface area contributed by atoms with Crippen molar-refractivity contribution in [3.63, 3.8) is 0 Å². The minimum atomic E-state index is -1.25. The number of hydrogen-bond acceptors (Lipinski definition) is 3. The van der Waals surface area contributed by atoms with E-state index < -0.39 is 35.9 Å². The first-order valence-electron chi connectivity index (χ1n) is 5.67. The molecule has 0 unspecified atom stereocenters. The molecule has 1 rings (SSSR count). The molecular weight excluding hydrogens is 284 g/mol. The van der Waals surface area contributed by atoms with E-state index in [1.54, 1.807) is 0 Å². The number of rotatable bonds is 6. The fourth-order valence-corrected chi connectivity index (χ4v) is 1.32. The molecule has 2 N–H and O–H groups in total. The highest BCUT2D eigenvalue weighted by Gasteiger charge is 2.13. The van der Waals surface area contributed by atoms with Crippen LogP contribution in [0, 0.1) is 24.0 Å². The second-order valence-corrected chi connectivity index (χ2v) is 3.75. The van der Waals surface area contributed by atoms with Gasteiger partial charge in [0.15, 0.2) is 24.0 Å². The Morgan fingerprint density at radius 1 is 1.38 bits per heavy atom. The van der Waals surface area contributed by atoms with Crippen molar-refractivity contribution in [1.82, 2.24) is 5.32 Å². The van der Waals surface area contributed by atoms with Crippen LogP contribution in [0.25, 0.3) is 6.08 Å². The number of aliphatic carboxylic acids is 1. The van der Waals surface area contributed by atoms with Gasteiger partial charge < -0.3 is 15.2 Å². The number of carbonyl (C=O) groups is 2. The Morgan fingerprint density at radius 3 is 2.52 bits per heavy atom. The van der Waals surface area contributed by atoms with Crippen LogP contribution in [0.15, 0.2) is 18.2 Å². The third kappa shape index (κ3) is 5.32. The van der Waals surface area contributed by atoms with E-state index in [0.717, 1.165) is 24.3 Å². The van der Waals surface area contributed by atoms with Gasteiger partial charge >= 0.3 is 5.97 Å². The largest absolute Gasteiger partial charge is 0.478 e. The number of halogens is 2. The molecule has 1 amide bonds. The van der Waals surface area contributed by atoms with Crippen molar-refractivity contribution >= 4 is 18.0 Å². The molecule has 0 aliphatic carbocycles. The fraction of sp³-hybridized carbons (Fsp3) is 0.143. The number of carboxylic acids is 1. The molecular formula is C14H11F2NO4. The van der Waals surface area contributed by atoms with Crippen LogP contribution in [-0.2, 0) is 9.59 Å². The van der Waals surface area contributed by atoms with Gasteiger partial charge in [0.2, 0.25) is 0 Å². The SMILES string of the molecule is C#CCNC(=O)COc1c(F)cc(C=CC(=O)O)cc1F. The maximum absolute atomic E-state index is 13.6. The van der Waals surface area contributed by atoms with Crippen molar-refractivity contribution in [1.29, 1.82) is 0 Å². The molecule has 110 valence electrons. The summed E-state index contributed by atoms with van der Waals surface area (Å²) in [5, 5.41) is 10.7. The summed E-state index contributed by atoms with van der Waals surface area (Å²) in [6.07, 6.45) is 6.69. The summed E-state index contributed by atoms with van der Waals surface area (Å²) in [4.78, 5) is 21.5. The lowest BCUT2D eigenvalue weighted by molar-refractivity contribution is -0.131. The van der Waals surface area contributed by atoms with Crippen LogP contribution in [0.5, 0.6) is 5.75 Å². The van der Waals surface area contributed by atoms with Gasteiger partial charge in [0.25, 0.3) is 5.91 Å². The predicted molar refractivity (Wildman–Crippen MR) is 70.4 cm³/mol. The van der Waals surface area contributed by atoms with Gasteiger partial charge in [0.1, 0.15) is 0 Å². The summed E-state index contributed by atoms with van der Waals surface area (Å²) < 4.78 is 32.0. The summed E-state index contributed by atoms with van der Waals surface area (Å²) in [7, 11) is 0. The fourth-order valence-electron chi connectivity index (χ4n) is 1.32. The van der Waals surface area contributed by atoms with Gasteiger partial charge in [0, 0.05) is 6.08 Å². The second kappa shape index (κ2) is 7.65. The maximum atomic E-state index is 13.6. The van der Waals surface area contributed by atoms with Gasteiger partial charge in [-0.25, -0.2) is 13.6 Å². The highest BCUT2D eigenvalue weighted by Crippen LogP contribution is 2.23. The molecule has 0 saturated carbocycles. The molecule has 0 atom stereocenters. The van der Waals surface area contributed by atoms with Crippen LogP contribution >= 0.6 is 0 Å². The number of hydrogen-bond donors (Lipinski definition) is 2. The van der Waals surface area contributed by atoms with Crippen LogP contribution < -0.4 is 10.1 Å². The zero-order valence-corrected chi connectivity index (χ0v) is 10.7. The topological polar surface area (TPSA) is 75.6 Å². The Labute approximate surface area is 119 Å². The lowest BCUT2D eigenvalue weighted by Crippen LogP contribution is -2.29. The highest BCUT2D eigenvalue weighted by molar-refractivity contribution is 5.85. The van der Waals surface area contributed by atoms with E-state index in [0.29, 0.717) is 0 Å². The second-order valence-electron chi connectivity index (χ2n) is 3.75. The van der Waals surface area contributed by atoms with E-state index >= 15 is 0 Å². The first kappa shape index (κ1) is 16.2. The van der Waals surface area contributed by atoms with E-state index in [1.807, 2.05) is 0 Å². The standard InChI is InChI=1S/C14H11F2NO4/c1-2-5-17-12(18)8-21-14-10(15)6-9(7-11(14)16)3-4-13(19)20/h1,3-4,6-7H,5,8H2,(H,17,18)(H,19,20). The zero-order valence-electron chi connectivity index (χ0n) is 10.7. The minimum Gasteiger partial charge on any atom is -0.478 e. The predicted octanol–water partition coefficient (Wildman–Crippen LogP) is 1.19. The number of ether oxygens (including phenoxy) is 1. The molecule has 1 aromatic carbocycles. The third-order valence-corrected chi connectivity index (χ3v) is 2.17. The van der Waals surface area contributed by atoms with E-state index in [-0.39, 0.29) is 12.1 Å². The molecule has 0 heterocycles. The molecule has 1 aromatic rings. The number of carbonyl (C=O) groups excluding carboxylic acids is 1. The first-order valence-corrected chi connectivity index (χ1v) is 5.67. The van der Waals surface area contributed by atoms with Crippen molar-refractivity contribution < 1.29 is 28.2 Å². The van der Waals surface area contributed by atoms with Crippen LogP contribution in [0.1, 0.15) is 5.56 Å². The third-order valence-electron chi connectivity index (χ3n) is 2.17. The summed E-state index contributed by atoms with van der Waals surface area (Å²) in [6.45, 7) is -0.619. The van der Waals surface area contributed by atoms with Crippen molar-refractivity contribution in [3.8, 4) is 18.1 Å². The number of terminal acetylenes is 1. The molecule has 0 aromatic heterocycles. The lowest BCUT2D eigenvalue weighted by Gasteiger charge is -2.08. The zero-order chi connectivity index (χ0) is 15.8. The van der Waals surface area contributed by atoms with Gasteiger partial charge in [-0.1, -0.05) is 5.92 Å². The monoisotopic (exact) mass is 295 g/mol. The van der Waals surface area contributed by atoms with E-state index in [4.69, 9.17) is 16.3 Å². The van der Waals surface area contributed by atoms with Gasteiger partial charge in [0.05, 0.1) is 6.54 Å².